The quantitative estimate of drug-likeness (QED) is 0.214. The van der Waals surface area contributed by atoms with Crippen LogP contribution in [0.3, 0.4) is 0 Å². The van der Waals surface area contributed by atoms with E-state index in [1.807, 2.05) is 0 Å². The van der Waals surface area contributed by atoms with Crippen molar-refractivity contribution in [1.82, 2.24) is 20.1 Å². The second-order valence-electron chi connectivity index (χ2n) is 6.71. The van der Waals surface area contributed by atoms with E-state index in [-0.39, 0.29) is 28.7 Å². The highest BCUT2D eigenvalue weighted by molar-refractivity contribution is 7.99. The number of benzene rings is 2. The highest BCUT2D eigenvalue weighted by Gasteiger charge is 2.15. The van der Waals surface area contributed by atoms with Gasteiger partial charge in [-0.25, -0.2) is 0 Å². The summed E-state index contributed by atoms with van der Waals surface area (Å²) in [6.45, 7) is 0.369. The molecule has 32 heavy (non-hydrogen) atoms. The van der Waals surface area contributed by atoms with E-state index in [1.165, 1.54) is 30.0 Å². The number of thioether (sulfide) groups is 1. The predicted molar refractivity (Wildman–Crippen MR) is 118 cm³/mol. The number of hydrogen-bond donors (Lipinski definition) is 1. The largest absolute Gasteiger partial charge is 0.497 e. The van der Waals surface area contributed by atoms with E-state index in [9.17, 15) is 19.7 Å². The van der Waals surface area contributed by atoms with Crippen LogP contribution in [0, 0.1) is 10.1 Å². The normalized spacial score (nSPS) is 10.6. The standard InChI is InChI=1S/C21H21N5O5S/c1-25-19(10-11-22-20(28)14-6-8-17(31-2)9-7-14)23-24-21(25)32-13-18(27)15-4-3-5-16(12-15)26(29)30/h3-9,12H,10-11,13H2,1-2H3,(H,22,28). The summed E-state index contributed by atoms with van der Waals surface area (Å²) >= 11 is 1.20. The first kappa shape index (κ1) is 22.9. The first-order valence-electron chi connectivity index (χ1n) is 9.60. The van der Waals surface area contributed by atoms with Crippen molar-refractivity contribution in [3.8, 4) is 5.75 Å². The maximum absolute atomic E-state index is 12.4. The number of amides is 1. The van der Waals surface area contributed by atoms with E-state index in [0.717, 1.165) is 0 Å². The number of ether oxygens (including phenoxy) is 1. The van der Waals surface area contributed by atoms with E-state index in [4.69, 9.17) is 4.74 Å². The Morgan fingerprint density at radius 2 is 1.91 bits per heavy atom. The molecule has 3 rings (SSSR count). The summed E-state index contributed by atoms with van der Waals surface area (Å²) in [7, 11) is 3.34. The van der Waals surface area contributed by atoms with Gasteiger partial charge in [0.1, 0.15) is 11.6 Å². The van der Waals surface area contributed by atoms with Gasteiger partial charge >= 0.3 is 0 Å². The number of ketones is 1. The average molecular weight is 455 g/mol. The number of aromatic nitrogens is 3. The van der Waals surface area contributed by atoms with Crippen molar-refractivity contribution in [2.75, 3.05) is 19.4 Å². The Hall–Kier alpha value is -3.73. The number of rotatable bonds is 10. The van der Waals surface area contributed by atoms with E-state index >= 15 is 0 Å². The summed E-state index contributed by atoms with van der Waals surface area (Å²) in [6, 6.07) is 12.4. The molecule has 0 radical (unpaired) electrons. The first-order chi connectivity index (χ1) is 15.4. The summed E-state index contributed by atoms with van der Waals surface area (Å²) in [6.07, 6.45) is 0.463. The number of methoxy groups -OCH3 is 1. The van der Waals surface area contributed by atoms with Gasteiger partial charge in [-0.05, 0) is 24.3 Å². The summed E-state index contributed by atoms with van der Waals surface area (Å²) in [4.78, 5) is 34.9. The monoisotopic (exact) mass is 455 g/mol. The number of non-ortho nitro benzene ring substituents is 1. The fourth-order valence-electron chi connectivity index (χ4n) is 2.83. The summed E-state index contributed by atoms with van der Waals surface area (Å²) in [5.41, 5.74) is 0.675. The molecule has 11 heteroatoms. The maximum atomic E-state index is 12.4. The van der Waals surface area contributed by atoms with E-state index in [0.29, 0.717) is 35.3 Å². The van der Waals surface area contributed by atoms with Gasteiger partial charge in [0.25, 0.3) is 11.6 Å². The van der Waals surface area contributed by atoms with Crippen molar-refractivity contribution in [2.24, 2.45) is 7.05 Å². The molecular formula is C21H21N5O5S. The van der Waals surface area contributed by atoms with Gasteiger partial charge < -0.3 is 14.6 Å². The van der Waals surface area contributed by atoms with Crippen molar-refractivity contribution in [2.45, 2.75) is 11.6 Å². The van der Waals surface area contributed by atoms with Crippen molar-refractivity contribution in [3.05, 3.63) is 75.6 Å². The third kappa shape index (κ3) is 5.70. The zero-order valence-electron chi connectivity index (χ0n) is 17.5. The zero-order chi connectivity index (χ0) is 23.1. The second-order valence-corrected chi connectivity index (χ2v) is 7.65. The zero-order valence-corrected chi connectivity index (χ0v) is 18.3. The van der Waals surface area contributed by atoms with Gasteiger partial charge in [-0.2, -0.15) is 0 Å². The van der Waals surface area contributed by atoms with Crippen LogP contribution in [0.2, 0.25) is 0 Å². The number of carbonyl (C=O) groups is 2. The molecule has 0 bridgehead atoms. The molecule has 2 aromatic carbocycles. The number of nitro benzene ring substituents is 1. The minimum atomic E-state index is -0.535. The van der Waals surface area contributed by atoms with Gasteiger partial charge in [-0.15, -0.1) is 10.2 Å². The summed E-state index contributed by atoms with van der Waals surface area (Å²) < 4.78 is 6.83. The van der Waals surface area contributed by atoms with Crippen molar-refractivity contribution < 1.29 is 19.2 Å². The SMILES string of the molecule is COc1ccc(C(=O)NCCc2nnc(SCC(=O)c3cccc([N+](=O)[O-])c3)n2C)cc1. The van der Waals surface area contributed by atoms with Crippen LogP contribution in [0.15, 0.2) is 53.7 Å². The Morgan fingerprint density at radius 1 is 1.16 bits per heavy atom. The molecule has 0 aliphatic carbocycles. The topological polar surface area (TPSA) is 129 Å². The molecule has 0 fully saturated rings. The van der Waals surface area contributed by atoms with Crippen LogP contribution in [0.4, 0.5) is 5.69 Å². The Morgan fingerprint density at radius 3 is 2.59 bits per heavy atom. The van der Waals surface area contributed by atoms with Gasteiger partial charge in [0.05, 0.1) is 17.8 Å². The summed E-state index contributed by atoms with van der Waals surface area (Å²) in [5.74, 6) is 0.961. The predicted octanol–water partition coefficient (Wildman–Crippen LogP) is 2.68. The molecule has 0 aliphatic heterocycles. The molecule has 0 aliphatic rings. The molecule has 1 amide bonds. The highest BCUT2D eigenvalue weighted by Crippen LogP contribution is 2.20. The van der Waals surface area contributed by atoms with Gasteiger partial charge in [0.2, 0.25) is 0 Å². The highest BCUT2D eigenvalue weighted by atomic mass is 32.2. The molecular weight excluding hydrogens is 434 g/mol. The fraction of sp³-hybridized carbons (Fsp3) is 0.238. The third-order valence-electron chi connectivity index (χ3n) is 4.62. The maximum Gasteiger partial charge on any atom is 0.270 e. The molecule has 3 aromatic rings. The second kappa shape index (κ2) is 10.5. The third-order valence-corrected chi connectivity index (χ3v) is 5.64. The van der Waals surface area contributed by atoms with E-state index in [1.54, 1.807) is 49.1 Å². The first-order valence-corrected chi connectivity index (χ1v) is 10.6. The number of nitrogens with one attached hydrogen (secondary N) is 1. The Bertz CT molecular complexity index is 1130. The molecule has 0 spiro atoms. The molecule has 0 saturated heterocycles. The molecule has 1 heterocycles. The number of hydrogen-bond acceptors (Lipinski definition) is 8. The Balaban J connectivity index is 1.51. The lowest BCUT2D eigenvalue weighted by molar-refractivity contribution is -0.384. The minimum Gasteiger partial charge on any atom is -0.497 e. The van der Waals surface area contributed by atoms with Crippen molar-refractivity contribution in [1.29, 1.82) is 0 Å². The number of Topliss-reactive ketones (excluding diaryl/α,β-unsaturated/α-hetero) is 1. The number of carbonyl (C=O) groups excluding carboxylic acids is 2. The Kier molecular flexibility index (Phi) is 7.55. The molecule has 1 aromatic heterocycles. The van der Waals surface area contributed by atoms with Gasteiger partial charge in [0.15, 0.2) is 10.9 Å². The van der Waals surface area contributed by atoms with E-state index < -0.39 is 4.92 Å². The minimum absolute atomic E-state index is 0.0708. The molecule has 1 N–H and O–H groups in total. The molecule has 10 nitrogen and oxygen atoms in total. The van der Waals surface area contributed by atoms with Gasteiger partial charge in [0, 0.05) is 43.3 Å². The van der Waals surface area contributed by atoms with Crippen LogP contribution in [0.1, 0.15) is 26.5 Å². The molecule has 166 valence electrons. The number of nitro groups is 1. The van der Waals surface area contributed by atoms with Gasteiger partial charge in [-0.3, -0.25) is 19.7 Å². The van der Waals surface area contributed by atoms with Crippen LogP contribution in [0.25, 0.3) is 0 Å². The fourth-order valence-corrected chi connectivity index (χ4v) is 3.65. The number of nitrogens with zero attached hydrogens (tertiary/aromatic N) is 4. The molecule has 0 atom stereocenters. The lowest BCUT2D eigenvalue weighted by Gasteiger charge is -2.07. The smallest absolute Gasteiger partial charge is 0.270 e. The molecule has 0 saturated carbocycles. The lowest BCUT2D eigenvalue weighted by Crippen LogP contribution is -2.26. The van der Waals surface area contributed by atoms with Crippen LogP contribution < -0.4 is 10.1 Å². The van der Waals surface area contributed by atoms with Crippen LogP contribution in [-0.2, 0) is 13.5 Å². The van der Waals surface area contributed by atoms with Crippen LogP contribution in [0.5, 0.6) is 5.75 Å². The van der Waals surface area contributed by atoms with Crippen LogP contribution >= 0.6 is 11.8 Å². The average Bonchev–Trinajstić information content (AvgIpc) is 3.16. The van der Waals surface area contributed by atoms with Crippen molar-refractivity contribution >= 4 is 29.1 Å². The summed E-state index contributed by atoms with van der Waals surface area (Å²) in [5, 5.41) is 22.5. The molecule has 0 unspecified atom stereocenters. The van der Waals surface area contributed by atoms with Crippen molar-refractivity contribution in [3.63, 3.8) is 0 Å². The van der Waals surface area contributed by atoms with Crippen LogP contribution in [-0.4, -0.2) is 50.8 Å². The Labute approximate surface area is 188 Å². The van der Waals surface area contributed by atoms with Gasteiger partial charge in [-0.1, -0.05) is 23.9 Å². The van der Waals surface area contributed by atoms with E-state index in [2.05, 4.69) is 15.5 Å². The lowest BCUT2D eigenvalue weighted by atomic mass is 10.1.